The molecule has 2 aromatic rings. The Balaban J connectivity index is 1.83. The number of carboxylic acid groups (broad SMARTS) is 1. The van der Waals surface area contributed by atoms with E-state index in [0.717, 1.165) is 17.0 Å². The summed E-state index contributed by atoms with van der Waals surface area (Å²) in [6.45, 7) is 2.88. The van der Waals surface area contributed by atoms with Crippen molar-refractivity contribution < 1.29 is 9.90 Å². The Morgan fingerprint density at radius 2 is 2.00 bits per heavy atom. The number of nitrogens with one attached hydrogen (secondary N) is 1. The van der Waals surface area contributed by atoms with Crippen molar-refractivity contribution in [2.24, 2.45) is 0 Å². The first-order valence-corrected chi connectivity index (χ1v) is 8.20. The molecule has 112 valence electrons. The first-order chi connectivity index (χ1) is 10.2. The molecule has 1 heterocycles. The summed E-state index contributed by atoms with van der Waals surface area (Å²) in [6.07, 6.45) is 4.92. The fourth-order valence-electron chi connectivity index (χ4n) is 2.14. The molecule has 3 nitrogen and oxygen atoms in total. The first-order valence-electron chi connectivity index (χ1n) is 7.32. The quantitative estimate of drug-likeness (QED) is 0.689. The van der Waals surface area contributed by atoms with Crippen molar-refractivity contribution in [3.8, 4) is 0 Å². The molecule has 0 bridgehead atoms. The lowest BCUT2D eigenvalue weighted by Crippen LogP contribution is -1.98. The lowest BCUT2D eigenvalue weighted by atomic mass is 10.1. The molecular weight excluding hydrogens is 282 g/mol. The molecular formula is C17H21NO2S. The summed E-state index contributed by atoms with van der Waals surface area (Å²) in [5.41, 5.74) is 2.81. The van der Waals surface area contributed by atoms with Crippen LogP contribution in [-0.2, 0) is 13.0 Å². The van der Waals surface area contributed by atoms with Crippen molar-refractivity contribution in [3.05, 3.63) is 51.7 Å². The van der Waals surface area contributed by atoms with E-state index in [-0.39, 0.29) is 0 Å². The Bertz CT molecular complexity index is 575. The van der Waals surface area contributed by atoms with Gasteiger partial charge >= 0.3 is 5.97 Å². The smallest absolute Gasteiger partial charge is 0.336 e. The van der Waals surface area contributed by atoms with Crippen LogP contribution in [0.4, 0.5) is 5.69 Å². The van der Waals surface area contributed by atoms with Gasteiger partial charge in [0.15, 0.2) is 0 Å². The van der Waals surface area contributed by atoms with Crippen LogP contribution in [0.3, 0.4) is 0 Å². The number of hydrogen-bond acceptors (Lipinski definition) is 3. The molecule has 0 fully saturated rings. The number of aromatic carboxylic acids is 1. The number of benzene rings is 1. The molecule has 0 aliphatic rings. The van der Waals surface area contributed by atoms with Gasteiger partial charge in [0.1, 0.15) is 0 Å². The molecule has 0 aliphatic heterocycles. The molecule has 1 aromatic heterocycles. The third kappa shape index (κ3) is 4.90. The molecule has 0 saturated heterocycles. The van der Waals surface area contributed by atoms with Crippen LogP contribution in [0, 0.1) is 0 Å². The van der Waals surface area contributed by atoms with Gasteiger partial charge in [-0.25, -0.2) is 4.79 Å². The highest BCUT2D eigenvalue weighted by molar-refractivity contribution is 7.10. The van der Waals surface area contributed by atoms with Crippen molar-refractivity contribution in [2.45, 2.75) is 39.2 Å². The topological polar surface area (TPSA) is 49.3 Å². The summed E-state index contributed by atoms with van der Waals surface area (Å²) < 4.78 is 0. The van der Waals surface area contributed by atoms with E-state index in [0.29, 0.717) is 12.1 Å². The molecule has 2 rings (SSSR count). The van der Waals surface area contributed by atoms with Gasteiger partial charge in [0, 0.05) is 22.5 Å². The molecule has 4 heteroatoms. The van der Waals surface area contributed by atoms with Crippen LogP contribution in [-0.4, -0.2) is 11.1 Å². The molecule has 0 atom stereocenters. The second kappa shape index (κ2) is 7.84. The van der Waals surface area contributed by atoms with E-state index in [1.54, 1.807) is 11.4 Å². The fraction of sp³-hybridized carbons (Fsp3) is 0.353. The number of hydrogen-bond donors (Lipinski definition) is 2. The van der Waals surface area contributed by atoms with Gasteiger partial charge in [0.25, 0.3) is 0 Å². The third-order valence-corrected chi connectivity index (χ3v) is 4.33. The molecule has 0 aliphatic carbocycles. The van der Waals surface area contributed by atoms with Crippen LogP contribution >= 0.6 is 11.3 Å². The predicted octanol–water partition coefficient (Wildman–Crippen LogP) is 4.79. The summed E-state index contributed by atoms with van der Waals surface area (Å²) >= 11 is 1.47. The van der Waals surface area contributed by atoms with Crippen LogP contribution in [0.1, 0.15) is 47.0 Å². The average Bonchev–Trinajstić information content (AvgIpc) is 2.96. The van der Waals surface area contributed by atoms with E-state index in [2.05, 4.69) is 36.5 Å². The van der Waals surface area contributed by atoms with E-state index in [4.69, 9.17) is 5.11 Å². The van der Waals surface area contributed by atoms with Crippen LogP contribution < -0.4 is 5.32 Å². The maximum absolute atomic E-state index is 10.8. The second-order valence-electron chi connectivity index (χ2n) is 5.11. The fourth-order valence-corrected chi connectivity index (χ4v) is 2.94. The Morgan fingerprint density at radius 1 is 1.24 bits per heavy atom. The Hall–Kier alpha value is -1.81. The summed E-state index contributed by atoms with van der Waals surface area (Å²) in [5.74, 6) is -0.867. The van der Waals surface area contributed by atoms with Gasteiger partial charge in [-0.15, -0.1) is 11.3 Å². The first kappa shape index (κ1) is 15.6. The normalized spacial score (nSPS) is 10.5. The standard InChI is InChI=1S/C17H21NO2S/c1-2-3-4-5-13-6-8-15(9-7-13)18-11-16-10-14(12-21-16)17(19)20/h6-10,12,18H,2-5,11H2,1H3,(H,19,20). The van der Waals surface area contributed by atoms with Gasteiger partial charge in [-0.2, -0.15) is 0 Å². The van der Waals surface area contributed by atoms with Gasteiger partial charge in [0.2, 0.25) is 0 Å². The SMILES string of the molecule is CCCCCc1ccc(NCc2cc(C(=O)O)cs2)cc1. The lowest BCUT2D eigenvalue weighted by Gasteiger charge is -2.06. The monoisotopic (exact) mass is 303 g/mol. The predicted molar refractivity (Wildman–Crippen MR) is 88.3 cm³/mol. The summed E-state index contributed by atoms with van der Waals surface area (Å²) in [5, 5.41) is 13.9. The van der Waals surface area contributed by atoms with Crippen molar-refractivity contribution in [1.82, 2.24) is 0 Å². The lowest BCUT2D eigenvalue weighted by molar-refractivity contribution is 0.0697. The Kier molecular flexibility index (Phi) is 5.81. The van der Waals surface area contributed by atoms with Crippen molar-refractivity contribution in [1.29, 1.82) is 0 Å². The van der Waals surface area contributed by atoms with Crippen molar-refractivity contribution in [2.75, 3.05) is 5.32 Å². The third-order valence-electron chi connectivity index (χ3n) is 3.39. The van der Waals surface area contributed by atoms with Crippen LogP contribution in [0.15, 0.2) is 35.7 Å². The van der Waals surface area contributed by atoms with E-state index in [9.17, 15) is 4.79 Å². The number of rotatable bonds is 8. The highest BCUT2D eigenvalue weighted by Crippen LogP contribution is 2.18. The van der Waals surface area contributed by atoms with Crippen molar-refractivity contribution in [3.63, 3.8) is 0 Å². The van der Waals surface area contributed by atoms with E-state index >= 15 is 0 Å². The zero-order chi connectivity index (χ0) is 15.1. The molecule has 21 heavy (non-hydrogen) atoms. The molecule has 0 unspecified atom stereocenters. The molecule has 1 aromatic carbocycles. The van der Waals surface area contributed by atoms with E-state index in [1.807, 2.05) is 0 Å². The van der Waals surface area contributed by atoms with Crippen LogP contribution in [0.25, 0.3) is 0 Å². The second-order valence-corrected chi connectivity index (χ2v) is 6.11. The largest absolute Gasteiger partial charge is 0.478 e. The summed E-state index contributed by atoms with van der Waals surface area (Å²) in [4.78, 5) is 11.8. The minimum absolute atomic E-state index is 0.364. The Morgan fingerprint density at radius 3 is 2.62 bits per heavy atom. The van der Waals surface area contributed by atoms with Gasteiger partial charge in [0.05, 0.1) is 5.56 Å². The highest BCUT2D eigenvalue weighted by Gasteiger charge is 2.06. The average molecular weight is 303 g/mol. The maximum atomic E-state index is 10.8. The number of unbranched alkanes of at least 4 members (excludes halogenated alkanes) is 2. The molecule has 0 spiro atoms. The van der Waals surface area contributed by atoms with Gasteiger partial charge < -0.3 is 10.4 Å². The minimum Gasteiger partial charge on any atom is -0.478 e. The Labute approximate surface area is 129 Å². The van der Waals surface area contributed by atoms with Gasteiger partial charge in [-0.1, -0.05) is 31.9 Å². The number of carboxylic acids is 1. The number of anilines is 1. The summed E-state index contributed by atoms with van der Waals surface area (Å²) in [7, 11) is 0. The summed E-state index contributed by atoms with van der Waals surface area (Å²) in [6, 6.07) is 10.2. The van der Waals surface area contributed by atoms with Gasteiger partial charge in [-0.3, -0.25) is 0 Å². The maximum Gasteiger partial charge on any atom is 0.336 e. The minimum atomic E-state index is -0.867. The zero-order valence-corrected chi connectivity index (χ0v) is 13.1. The molecule has 0 saturated carbocycles. The molecule has 0 amide bonds. The van der Waals surface area contributed by atoms with E-state index < -0.39 is 5.97 Å². The van der Waals surface area contributed by atoms with Crippen LogP contribution in [0.2, 0.25) is 0 Å². The number of carbonyl (C=O) groups is 1. The van der Waals surface area contributed by atoms with E-state index in [1.165, 1.54) is 36.2 Å². The number of thiophene rings is 1. The van der Waals surface area contributed by atoms with Gasteiger partial charge in [-0.05, 0) is 36.6 Å². The molecule has 0 radical (unpaired) electrons. The highest BCUT2D eigenvalue weighted by atomic mass is 32.1. The number of aryl methyl sites for hydroxylation is 1. The zero-order valence-electron chi connectivity index (χ0n) is 12.3. The van der Waals surface area contributed by atoms with Crippen LogP contribution in [0.5, 0.6) is 0 Å². The molecule has 2 N–H and O–H groups in total. The van der Waals surface area contributed by atoms with Crippen molar-refractivity contribution >= 4 is 23.0 Å².